The largest absolute Gasteiger partial charge is 0.383 e. The van der Waals surface area contributed by atoms with Crippen LogP contribution >= 0.6 is 0 Å². The van der Waals surface area contributed by atoms with Crippen LogP contribution in [-0.4, -0.2) is 66.1 Å². The van der Waals surface area contributed by atoms with Gasteiger partial charge in [-0.15, -0.1) is 0 Å². The third-order valence-corrected chi connectivity index (χ3v) is 3.39. The Morgan fingerprint density at radius 3 is 1.89 bits per heavy atom. The van der Waals surface area contributed by atoms with E-state index in [9.17, 15) is 9.90 Å². The van der Waals surface area contributed by atoms with E-state index in [-0.39, 0.29) is 17.9 Å². The van der Waals surface area contributed by atoms with E-state index in [2.05, 4.69) is 11.5 Å². The average Bonchev–Trinajstić information content (AvgIpc) is 2.14. The molecule has 1 N–H and O–H groups in total. The molecule has 0 rings (SSSR count). The van der Waals surface area contributed by atoms with Crippen molar-refractivity contribution in [3.63, 3.8) is 0 Å². The minimum absolute atomic E-state index is 0.185. The second kappa shape index (κ2) is 5.95. The van der Waals surface area contributed by atoms with Crippen LogP contribution in [0.15, 0.2) is 12.2 Å². The zero-order valence-electron chi connectivity index (χ0n) is 12.9. The summed E-state index contributed by atoms with van der Waals surface area (Å²) < 4.78 is 0. The molecule has 18 heavy (non-hydrogen) atoms. The minimum Gasteiger partial charge on any atom is -0.383 e. The Balaban J connectivity index is 4.71. The lowest BCUT2D eigenvalue weighted by Gasteiger charge is -2.38. The Hall–Kier alpha value is -0.710. The van der Waals surface area contributed by atoms with Crippen molar-refractivity contribution < 1.29 is 9.90 Å². The molecule has 0 aromatic rings. The summed E-state index contributed by atoms with van der Waals surface area (Å²) in [5, 5.41) is 9.68. The third kappa shape index (κ3) is 4.88. The van der Waals surface area contributed by atoms with Crippen molar-refractivity contribution >= 4 is 5.78 Å². The van der Waals surface area contributed by atoms with Crippen LogP contribution in [0.5, 0.6) is 0 Å². The van der Waals surface area contributed by atoms with Crippen LogP contribution in [0.3, 0.4) is 0 Å². The Kier molecular flexibility index (Phi) is 5.72. The molecule has 0 fully saturated rings. The normalized spacial score (nSPS) is 13.2. The summed E-state index contributed by atoms with van der Waals surface area (Å²) in [6.45, 7) is 12.2. The molecule has 106 valence electrons. The zero-order chi connectivity index (χ0) is 14.7. The lowest BCUT2D eigenvalue weighted by molar-refractivity contribution is -0.135. The zero-order valence-corrected chi connectivity index (χ0v) is 12.9. The lowest BCUT2D eigenvalue weighted by atomic mass is 9.92. The molecule has 4 nitrogen and oxygen atoms in total. The van der Waals surface area contributed by atoms with Gasteiger partial charge in [-0.2, -0.15) is 0 Å². The summed E-state index contributed by atoms with van der Waals surface area (Å²) in [5.74, 6) is -0.185. The van der Waals surface area contributed by atoms with Gasteiger partial charge in [0, 0.05) is 12.1 Å². The van der Waals surface area contributed by atoms with Gasteiger partial charge >= 0.3 is 0 Å². The molecule has 0 bridgehead atoms. The highest BCUT2D eigenvalue weighted by Crippen LogP contribution is 2.22. The highest BCUT2D eigenvalue weighted by molar-refractivity contribution is 5.88. The summed E-state index contributed by atoms with van der Waals surface area (Å²) in [6.07, 6.45) is 0. The van der Waals surface area contributed by atoms with Gasteiger partial charge < -0.3 is 10.0 Å². The van der Waals surface area contributed by atoms with E-state index in [0.717, 1.165) is 12.1 Å². The first kappa shape index (κ1) is 17.3. The molecule has 0 aromatic carbocycles. The van der Waals surface area contributed by atoms with Gasteiger partial charge in [0.1, 0.15) is 5.60 Å². The summed E-state index contributed by atoms with van der Waals surface area (Å²) in [7, 11) is 5.86. The average molecular weight is 256 g/mol. The molecule has 0 unspecified atom stereocenters. The first-order valence-electron chi connectivity index (χ1n) is 6.19. The predicted octanol–water partition coefficient (Wildman–Crippen LogP) is 1.15. The highest BCUT2D eigenvalue weighted by atomic mass is 16.3. The van der Waals surface area contributed by atoms with Crippen LogP contribution in [0.1, 0.15) is 27.7 Å². The fourth-order valence-corrected chi connectivity index (χ4v) is 1.45. The summed E-state index contributed by atoms with van der Waals surface area (Å²) in [6, 6.07) is 0. The van der Waals surface area contributed by atoms with E-state index in [4.69, 9.17) is 0 Å². The number of hydrogen-bond acceptors (Lipinski definition) is 4. The summed E-state index contributed by atoms with van der Waals surface area (Å²) in [4.78, 5) is 15.8. The fraction of sp³-hybridized carbons (Fsp3) is 0.786. The fourth-order valence-electron chi connectivity index (χ4n) is 1.45. The van der Waals surface area contributed by atoms with Gasteiger partial charge in [0.2, 0.25) is 0 Å². The SMILES string of the molecule is C=C(CN(C)C)C(C)(C)N(C)CC(=O)C(C)(C)O. The standard InChI is InChI=1S/C14H28N2O2/c1-11(9-15(6)7)13(2,3)16(8)10-12(17)14(4,5)18/h18H,1,9-10H2,2-8H3. The van der Waals surface area contributed by atoms with Crippen molar-refractivity contribution in [2.75, 3.05) is 34.2 Å². The molecule has 0 aliphatic carbocycles. The van der Waals surface area contributed by atoms with Crippen LogP contribution in [-0.2, 0) is 4.79 Å². The highest BCUT2D eigenvalue weighted by Gasteiger charge is 2.32. The van der Waals surface area contributed by atoms with Gasteiger partial charge in [0.25, 0.3) is 0 Å². The third-order valence-electron chi connectivity index (χ3n) is 3.39. The summed E-state index contributed by atoms with van der Waals surface area (Å²) >= 11 is 0. The molecule has 0 spiro atoms. The van der Waals surface area contributed by atoms with Crippen LogP contribution < -0.4 is 0 Å². The van der Waals surface area contributed by atoms with Crippen molar-refractivity contribution in [3.8, 4) is 0 Å². The van der Waals surface area contributed by atoms with E-state index < -0.39 is 5.60 Å². The topological polar surface area (TPSA) is 43.8 Å². The van der Waals surface area contributed by atoms with Gasteiger partial charge in [0.05, 0.1) is 6.54 Å². The molecule has 0 saturated carbocycles. The Morgan fingerprint density at radius 2 is 1.56 bits per heavy atom. The Morgan fingerprint density at radius 1 is 1.11 bits per heavy atom. The number of nitrogens with zero attached hydrogens (tertiary/aromatic N) is 2. The number of hydrogen-bond donors (Lipinski definition) is 1. The maximum Gasteiger partial charge on any atom is 0.177 e. The number of carbonyl (C=O) groups excluding carboxylic acids is 1. The Bertz CT molecular complexity index is 314. The van der Waals surface area contributed by atoms with Crippen LogP contribution in [0.25, 0.3) is 0 Å². The monoisotopic (exact) mass is 256 g/mol. The van der Waals surface area contributed by atoms with Crippen molar-refractivity contribution in [1.82, 2.24) is 9.80 Å². The van der Waals surface area contributed by atoms with Gasteiger partial charge in [0.15, 0.2) is 5.78 Å². The maximum absolute atomic E-state index is 11.8. The molecule has 0 amide bonds. The molecule has 0 atom stereocenters. The second-order valence-electron chi connectivity index (χ2n) is 6.24. The number of rotatable bonds is 7. The number of Topliss-reactive ketones (excluding diaryl/α,β-unsaturated/α-hetero) is 1. The molecule has 0 radical (unpaired) electrons. The van der Waals surface area contributed by atoms with E-state index in [1.807, 2.05) is 39.9 Å². The van der Waals surface area contributed by atoms with E-state index in [0.29, 0.717) is 0 Å². The lowest BCUT2D eigenvalue weighted by Crippen LogP contribution is -2.50. The van der Waals surface area contributed by atoms with Crippen molar-refractivity contribution in [2.45, 2.75) is 38.8 Å². The second-order valence-corrected chi connectivity index (χ2v) is 6.24. The minimum atomic E-state index is -1.28. The molecule has 0 heterocycles. The molecule has 0 aliphatic heterocycles. The van der Waals surface area contributed by atoms with Gasteiger partial charge in [-0.25, -0.2) is 0 Å². The molecule has 0 saturated heterocycles. The number of carbonyl (C=O) groups is 1. The van der Waals surface area contributed by atoms with Crippen LogP contribution in [0, 0.1) is 0 Å². The first-order chi connectivity index (χ1) is 7.89. The Labute approximate surface area is 111 Å². The quantitative estimate of drug-likeness (QED) is 0.694. The van der Waals surface area contributed by atoms with E-state index >= 15 is 0 Å². The number of likely N-dealkylation sites (N-methyl/N-ethyl adjacent to an activating group) is 2. The van der Waals surface area contributed by atoms with Gasteiger partial charge in [-0.1, -0.05) is 6.58 Å². The maximum atomic E-state index is 11.8. The van der Waals surface area contributed by atoms with Crippen LogP contribution in [0.4, 0.5) is 0 Å². The van der Waals surface area contributed by atoms with Crippen molar-refractivity contribution in [1.29, 1.82) is 0 Å². The number of ketones is 1. The van der Waals surface area contributed by atoms with Gasteiger partial charge in [-0.05, 0) is 54.4 Å². The summed E-state index contributed by atoms with van der Waals surface area (Å²) in [5.41, 5.74) is -0.531. The molecule has 0 aromatic heterocycles. The molecular weight excluding hydrogens is 228 g/mol. The molecule has 4 heteroatoms. The number of aliphatic hydroxyl groups is 1. The van der Waals surface area contributed by atoms with Crippen molar-refractivity contribution in [3.05, 3.63) is 12.2 Å². The van der Waals surface area contributed by atoms with E-state index in [1.165, 1.54) is 13.8 Å². The van der Waals surface area contributed by atoms with Crippen molar-refractivity contribution in [2.24, 2.45) is 0 Å². The first-order valence-corrected chi connectivity index (χ1v) is 6.19. The smallest absolute Gasteiger partial charge is 0.177 e. The van der Waals surface area contributed by atoms with E-state index in [1.54, 1.807) is 0 Å². The molecule has 0 aliphatic rings. The van der Waals surface area contributed by atoms with Gasteiger partial charge in [-0.3, -0.25) is 9.69 Å². The predicted molar refractivity (Wildman–Crippen MR) is 75.7 cm³/mol. The molecular formula is C14H28N2O2. The van der Waals surface area contributed by atoms with Crippen LogP contribution in [0.2, 0.25) is 0 Å².